The lowest BCUT2D eigenvalue weighted by molar-refractivity contribution is -0.127. The minimum absolute atomic E-state index is 0.170. The Bertz CT molecular complexity index is 1430. The first-order chi connectivity index (χ1) is 16.8. The molecule has 2 aliphatic heterocycles. The van der Waals surface area contributed by atoms with Crippen LogP contribution in [0.4, 0.5) is 5.69 Å². The van der Waals surface area contributed by atoms with E-state index in [9.17, 15) is 19.2 Å². The normalized spacial score (nSPS) is 24.4. The van der Waals surface area contributed by atoms with Gasteiger partial charge in [-0.25, -0.2) is 4.90 Å². The molecular formula is C27H17Cl2NO5. The van der Waals surface area contributed by atoms with Crippen LogP contribution in [0.1, 0.15) is 37.9 Å². The quantitative estimate of drug-likeness (QED) is 0.361. The van der Waals surface area contributed by atoms with Crippen molar-refractivity contribution in [2.45, 2.75) is 18.6 Å². The smallest absolute Gasteiger partial charge is 0.241 e. The highest BCUT2D eigenvalue weighted by Gasteiger charge is 2.74. The van der Waals surface area contributed by atoms with Crippen LogP contribution in [0.25, 0.3) is 0 Å². The number of nitrogens with zero attached hydrogens (tertiary/aromatic N) is 1. The Labute approximate surface area is 210 Å². The average molecular weight is 506 g/mol. The number of carbonyl (C=O) groups excluding carboxylic acids is 4. The standard InChI is InChI=1S/C27H17Cl2NO5/c1-13-6-8-14(9-7-13)22-20-21(26(34)30(25(20)33)15-10-11-18(28)19(29)12-15)27(35-22)23(31)16-4-2-3-5-17(16)24(27)32/h2-12,20-22H,1H3/t20-,21+,22-/m0/s1. The van der Waals surface area contributed by atoms with E-state index in [1.165, 1.54) is 18.2 Å². The number of imide groups is 1. The van der Waals surface area contributed by atoms with Crippen LogP contribution in [0.15, 0.2) is 66.7 Å². The number of anilines is 1. The lowest BCUT2D eigenvalue weighted by Crippen LogP contribution is -2.51. The van der Waals surface area contributed by atoms with Gasteiger partial charge >= 0.3 is 0 Å². The molecule has 3 aromatic rings. The van der Waals surface area contributed by atoms with Crippen molar-refractivity contribution in [3.05, 3.63) is 99.0 Å². The fourth-order valence-electron chi connectivity index (χ4n) is 5.45. The van der Waals surface area contributed by atoms with E-state index in [0.29, 0.717) is 5.56 Å². The predicted molar refractivity (Wildman–Crippen MR) is 129 cm³/mol. The summed E-state index contributed by atoms with van der Waals surface area (Å²) in [5.41, 5.74) is 0.0858. The molecule has 174 valence electrons. The molecule has 1 aliphatic carbocycles. The number of benzene rings is 3. The van der Waals surface area contributed by atoms with Crippen molar-refractivity contribution < 1.29 is 23.9 Å². The van der Waals surface area contributed by atoms with Crippen molar-refractivity contribution in [1.29, 1.82) is 0 Å². The maximum atomic E-state index is 13.9. The molecule has 2 saturated heterocycles. The molecule has 2 heterocycles. The minimum Gasteiger partial charge on any atom is -0.349 e. The number of halogens is 2. The molecule has 0 bridgehead atoms. The number of rotatable bonds is 2. The van der Waals surface area contributed by atoms with Gasteiger partial charge in [-0.2, -0.15) is 0 Å². The molecule has 0 radical (unpaired) electrons. The molecule has 3 aliphatic rings. The van der Waals surface area contributed by atoms with Gasteiger partial charge < -0.3 is 4.74 Å². The van der Waals surface area contributed by atoms with Gasteiger partial charge in [0.05, 0.1) is 33.7 Å². The minimum atomic E-state index is -2.11. The Hall–Kier alpha value is -3.32. The van der Waals surface area contributed by atoms with E-state index in [1.54, 1.807) is 36.4 Å². The van der Waals surface area contributed by atoms with E-state index < -0.39 is 46.9 Å². The van der Waals surface area contributed by atoms with E-state index in [1.807, 2.05) is 19.1 Å². The SMILES string of the molecule is Cc1ccc([C@@H]2OC3(C(=O)c4ccccc4C3=O)[C@H]3C(=O)N(c4ccc(Cl)c(Cl)c4)C(=O)[C@H]23)cc1. The fourth-order valence-corrected chi connectivity index (χ4v) is 5.75. The molecule has 2 amide bonds. The van der Waals surface area contributed by atoms with Crippen LogP contribution in [-0.2, 0) is 14.3 Å². The van der Waals surface area contributed by atoms with Gasteiger partial charge in [0, 0.05) is 11.1 Å². The van der Waals surface area contributed by atoms with Crippen molar-refractivity contribution in [3.63, 3.8) is 0 Å². The summed E-state index contributed by atoms with van der Waals surface area (Å²) in [6, 6.07) is 18.1. The first-order valence-corrected chi connectivity index (χ1v) is 11.8. The average Bonchev–Trinajstić information content (AvgIpc) is 3.41. The van der Waals surface area contributed by atoms with Crippen molar-refractivity contribution in [2.24, 2.45) is 11.8 Å². The Morgan fingerprint density at radius 1 is 0.800 bits per heavy atom. The number of hydrogen-bond acceptors (Lipinski definition) is 5. The molecule has 6 rings (SSSR count). The molecule has 0 aromatic heterocycles. The van der Waals surface area contributed by atoms with Crippen LogP contribution >= 0.6 is 23.2 Å². The molecule has 0 N–H and O–H groups in total. The van der Waals surface area contributed by atoms with Crippen LogP contribution in [-0.4, -0.2) is 29.0 Å². The second-order valence-corrected chi connectivity index (χ2v) is 9.82. The Morgan fingerprint density at radius 2 is 1.43 bits per heavy atom. The maximum absolute atomic E-state index is 13.9. The largest absolute Gasteiger partial charge is 0.349 e. The molecule has 35 heavy (non-hydrogen) atoms. The zero-order chi connectivity index (χ0) is 24.6. The summed E-state index contributed by atoms with van der Waals surface area (Å²) in [6.45, 7) is 1.92. The number of hydrogen-bond donors (Lipinski definition) is 0. The topological polar surface area (TPSA) is 80.8 Å². The van der Waals surface area contributed by atoms with E-state index in [0.717, 1.165) is 10.5 Å². The Balaban J connectivity index is 1.54. The van der Waals surface area contributed by atoms with Crippen LogP contribution in [0, 0.1) is 18.8 Å². The second-order valence-electron chi connectivity index (χ2n) is 9.00. The van der Waals surface area contributed by atoms with Crippen molar-refractivity contribution in [1.82, 2.24) is 0 Å². The fraction of sp³-hybridized carbons (Fsp3) is 0.185. The summed E-state index contributed by atoms with van der Waals surface area (Å²) >= 11 is 12.2. The zero-order valence-corrected chi connectivity index (χ0v) is 19.8. The first kappa shape index (κ1) is 22.2. The van der Waals surface area contributed by atoms with Crippen LogP contribution in [0.5, 0.6) is 0 Å². The van der Waals surface area contributed by atoms with Gasteiger partial charge in [0.15, 0.2) is 0 Å². The summed E-state index contributed by atoms with van der Waals surface area (Å²) in [5.74, 6) is -4.82. The number of carbonyl (C=O) groups is 4. The third-order valence-corrected chi connectivity index (χ3v) is 7.83. The zero-order valence-electron chi connectivity index (χ0n) is 18.3. The summed E-state index contributed by atoms with van der Waals surface area (Å²) in [6.07, 6.45) is -0.966. The number of aryl methyl sites for hydroxylation is 1. The van der Waals surface area contributed by atoms with Gasteiger partial charge in [0.1, 0.15) is 0 Å². The summed E-state index contributed by atoms with van der Waals surface area (Å²) < 4.78 is 6.26. The van der Waals surface area contributed by atoms with Crippen LogP contribution < -0.4 is 4.90 Å². The van der Waals surface area contributed by atoms with Gasteiger partial charge in [-0.3, -0.25) is 19.2 Å². The third kappa shape index (κ3) is 2.88. The highest BCUT2D eigenvalue weighted by atomic mass is 35.5. The van der Waals surface area contributed by atoms with E-state index >= 15 is 0 Å². The molecule has 1 spiro atoms. The Morgan fingerprint density at radius 3 is 2.03 bits per heavy atom. The first-order valence-electron chi connectivity index (χ1n) is 11.0. The third-order valence-electron chi connectivity index (χ3n) is 7.09. The van der Waals surface area contributed by atoms with Gasteiger partial charge in [-0.1, -0.05) is 77.3 Å². The van der Waals surface area contributed by atoms with E-state index in [4.69, 9.17) is 27.9 Å². The lowest BCUT2D eigenvalue weighted by Gasteiger charge is -2.27. The maximum Gasteiger partial charge on any atom is 0.241 e. The van der Waals surface area contributed by atoms with Gasteiger partial charge in [0.25, 0.3) is 0 Å². The highest BCUT2D eigenvalue weighted by molar-refractivity contribution is 6.42. The molecular weight excluding hydrogens is 489 g/mol. The number of ether oxygens (including phenoxy) is 1. The number of fused-ring (bicyclic) bond motifs is 3. The summed E-state index contributed by atoms with van der Waals surface area (Å²) in [4.78, 5) is 56.1. The van der Waals surface area contributed by atoms with Gasteiger partial charge in [-0.05, 0) is 30.7 Å². The monoisotopic (exact) mass is 505 g/mol. The molecule has 3 atom stereocenters. The van der Waals surface area contributed by atoms with Gasteiger partial charge in [-0.15, -0.1) is 0 Å². The molecule has 0 saturated carbocycles. The molecule has 0 unspecified atom stereocenters. The lowest BCUT2D eigenvalue weighted by atomic mass is 9.77. The molecule has 8 heteroatoms. The van der Waals surface area contributed by atoms with Crippen LogP contribution in [0.2, 0.25) is 10.0 Å². The predicted octanol–water partition coefficient (Wildman–Crippen LogP) is 5.00. The second kappa shape index (κ2) is 7.59. The highest BCUT2D eigenvalue weighted by Crippen LogP contribution is 2.57. The van der Waals surface area contributed by atoms with Gasteiger partial charge in [0.2, 0.25) is 29.0 Å². The van der Waals surface area contributed by atoms with Crippen LogP contribution in [0.3, 0.4) is 0 Å². The number of Topliss-reactive ketones (excluding diaryl/α,β-unsaturated/α-hetero) is 2. The molecule has 6 nitrogen and oxygen atoms in total. The van der Waals surface area contributed by atoms with Crippen molar-refractivity contribution in [3.8, 4) is 0 Å². The Kier molecular flexibility index (Phi) is 4.81. The number of amides is 2. The molecule has 3 aromatic carbocycles. The van der Waals surface area contributed by atoms with Crippen molar-refractivity contribution in [2.75, 3.05) is 4.90 Å². The van der Waals surface area contributed by atoms with E-state index in [-0.39, 0.29) is 26.9 Å². The molecule has 2 fully saturated rings. The summed E-state index contributed by atoms with van der Waals surface area (Å²) in [7, 11) is 0. The van der Waals surface area contributed by atoms with Crippen molar-refractivity contribution >= 4 is 52.3 Å². The number of ketones is 2. The summed E-state index contributed by atoms with van der Waals surface area (Å²) in [5, 5.41) is 0.437. The van der Waals surface area contributed by atoms with E-state index in [2.05, 4.69) is 0 Å².